The number of aryl methyl sites for hydroxylation is 1. The van der Waals surface area contributed by atoms with Crippen molar-refractivity contribution < 1.29 is 19.0 Å². The van der Waals surface area contributed by atoms with Crippen molar-refractivity contribution in [2.24, 2.45) is 0 Å². The fraction of sp³-hybridized carbons (Fsp3) is 0.179. The zero-order chi connectivity index (χ0) is 26.7. The van der Waals surface area contributed by atoms with Gasteiger partial charge >= 0.3 is 0 Å². The summed E-state index contributed by atoms with van der Waals surface area (Å²) in [7, 11) is 4.59. The van der Waals surface area contributed by atoms with Gasteiger partial charge in [0.1, 0.15) is 17.2 Å². The Morgan fingerprint density at radius 1 is 1.03 bits per heavy atom. The predicted octanol–water partition coefficient (Wildman–Crippen LogP) is 6.98. The first-order valence-electron chi connectivity index (χ1n) is 11.3. The third kappa shape index (κ3) is 5.19. The summed E-state index contributed by atoms with van der Waals surface area (Å²) in [5.41, 5.74) is 4.35. The van der Waals surface area contributed by atoms with E-state index >= 15 is 0 Å². The average Bonchev–Trinajstić information content (AvgIpc) is 2.90. The molecule has 0 aliphatic heterocycles. The summed E-state index contributed by atoms with van der Waals surface area (Å²) in [5, 5.41) is 4.66. The summed E-state index contributed by atoms with van der Waals surface area (Å²) in [5.74, 6) is 1.64. The van der Waals surface area contributed by atoms with Crippen LogP contribution in [-0.2, 0) is 11.2 Å². The summed E-state index contributed by atoms with van der Waals surface area (Å²) in [6.45, 7) is 5.52. The SMILES string of the molecule is C=CC(=O)Cc1cccc(C)c1Nc1ncc2cc(-c3c(Cl)c(OC)cc(OC)c3Cl)c(OC)cc2n1. The molecule has 0 bridgehead atoms. The van der Waals surface area contributed by atoms with Crippen LogP contribution in [-0.4, -0.2) is 37.1 Å². The van der Waals surface area contributed by atoms with Gasteiger partial charge in [-0.2, -0.15) is 0 Å². The van der Waals surface area contributed by atoms with E-state index in [2.05, 4.69) is 21.9 Å². The molecule has 190 valence electrons. The predicted molar refractivity (Wildman–Crippen MR) is 148 cm³/mol. The van der Waals surface area contributed by atoms with Gasteiger partial charge in [0.15, 0.2) is 5.78 Å². The van der Waals surface area contributed by atoms with E-state index in [4.69, 9.17) is 37.4 Å². The molecule has 0 aliphatic carbocycles. The first-order chi connectivity index (χ1) is 17.8. The van der Waals surface area contributed by atoms with Gasteiger partial charge in [0.05, 0.1) is 36.9 Å². The molecule has 0 amide bonds. The number of rotatable bonds is 9. The minimum atomic E-state index is -0.0724. The zero-order valence-corrected chi connectivity index (χ0v) is 22.3. The van der Waals surface area contributed by atoms with E-state index in [-0.39, 0.29) is 12.2 Å². The molecule has 1 aromatic heterocycles. The van der Waals surface area contributed by atoms with E-state index in [1.165, 1.54) is 20.3 Å². The fourth-order valence-electron chi connectivity index (χ4n) is 4.03. The molecule has 0 unspecified atom stereocenters. The van der Waals surface area contributed by atoms with Crippen LogP contribution in [0.4, 0.5) is 11.6 Å². The normalized spacial score (nSPS) is 10.8. The van der Waals surface area contributed by atoms with E-state index in [1.807, 2.05) is 31.2 Å². The number of methoxy groups -OCH3 is 3. The molecular formula is C28H25Cl2N3O4. The number of ether oxygens (including phenoxy) is 3. The Balaban J connectivity index is 1.81. The van der Waals surface area contributed by atoms with Gasteiger partial charge in [-0.3, -0.25) is 4.79 Å². The number of nitrogens with zero attached hydrogens (tertiary/aromatic N) is 2. The molecule has 3 aromatic carbocycles. The number of hydrogen-bond acceptors (Lipinski definition) is 7. The number of halogens is 2. The van der Waals surface area contributed by atoms with Crippen LogP contribution < -0.4 is 19.5 Å². The standard InChI is InChI=1S/C28H25Cl2N3O4/c1-6-18(34)10-16-9-7-8-15(2)27(16)33-28-31-14-17-11-19(21(35-3)12-20(17)32-28)24-25(29)22(36-4)13-23(37-5)26(24)30/h6-9,11-14H,1,10H2,2-5H3,(H,31,32,33). The Morgan fingerprint density at radius 2 is 1.70 bits per heavy atom. The Hall–Kier alpha value is -3.81. The Bertz CT molecular complexity index is 1490. The van der Waals surface area contributed by atoms with Crippen molar-refractivity contribution in [2.75, 3.05) is 26.6 Å². The Labute approximate surface area is 225 Å². The maximum Gasteiger partial charge on any atom is 0.227 e. The van der Waals surface area contributed by atoms with Gasteiger partial charge in [-0.25, -0.2) is 9.97 Å². The van der Waals surface area contributed by atoms with E-state index < -0.39 is 0 Å². The largest absolute Gasteiger partial charge is 0.496 e. The van der Waals surface area contributed by atoms with Crippen LogP contribution in [0.1, 0.15) is 11.1 Å². The van der Waals surface area contributed by atoms with Crippen molar-refractivity contribution >= 4 is 51.5 Å². The molecule has 4 aromatic rings. The van der Waals surface area contributed by atoms with Crippen LogP contribution in [0.3, 0.4) is 0 Å². The van der Waals surface area contributed by atoms with Gasteiger partial charge in [0.2, 0.25) is 5.95 Å². The van der Waals surface area contributed by atoms with Gasteiger partial charge in [0.25, 0.3) is 0 Å². The maximum absolute atomic E-state index is 12.0. The lowest BCUT2D eigenvalue weighted by molar-refractivity contribution is -0.114. The average molecular weight is 538 g/mol. The van der Waals surface area contributed by atoms with Gasteiger partial charge in [-0.05, 0) is 30.2 Å². The quantitative estimate of drug-likeness (QED) is 0.230. The van der Waals surface area contributed by atoms with Gasteiger partial charge in [-0.1, -0.05) is 48.0 Å². The van der Waals surface area contributed by atoms with Crippen LogP contribution in [0.25, 0.3) is 22.0 Å². The third-order valence-electron chi connectivity index (χ3n) is 5.93. The second kappa shape index (κ2) is 11.1. The summed E-state index contributed by atoms with van der Waals surface area (Å²) in [6, 6.07) is 11.0. The number of allylic oxidation sites excluding steroid dienone is 1. The number of nitrogens with one attached hydrogen (secondary N) is 1. The first kappa shape index (κ1) is 26.3. The number of benzene rings is 3. The van der Waals surface area contributed by atoms with Crippen molar-refractivity contribution in [3.05, 3.63) is 76.4 Å². The number of fused-ring (bicyclic) bond motifs is 1. The molecule has 0 fully saturated rings. The molecule has 7 nitrogen and oxygen atoms in total. The van der Waals surface area contributed by atoms with Crippen LogP contribution in [0.2, 0.25) is 10.0 Å². The van der Waals surface area contributed by atoms with Gasteiger partial charge in [-0.15, -0.1) is 0 Å². The number of hydrogen-bond donors (Lipinski definition) is 1. The number of para-hydroxylation sites is 1. The van der Waals surface area contributed by atoms with E-state index in [1.54, 1.807) is 25.4 Å². The molecule has 1 heterocycles. The van der Waals surface area contributed by atoms with E-state index in [9.17, 15) is 4.79 Å². The zero-order valence-electron chi connectivity index (χ0n) is 20.8. The highest BCUT2D eigenvalue weighted by Crippen LogP contribution is 2.49. The summed E-state index contributed by atoms with van der Waals surface area (Å²) < 4.78 is 16.5. The molecule has 0 aliphatic rings. The molecule has 4 rings (SSSR count). The highest BCUT2D eigenvalue weighted by molar-refractivity contribution is 6.41. The number of ketones is 1. The molecule has 0 saturated heterocycles. The number of aromatic nitrogens is 2. The summed E-state index contributed by atoms with van der Waals surface area (Å²) in [6.07, 6.45) is 3.24. The lowest BCUT2D eigenvalue weighted by Crippen LogP contribution is -2.06. The highest BCUT2D eigenvalue weighted by Gasteiger charge is 2.22. The van der Waals surface area contributed by atoms with Crippen LogP contribution in [0.15, 0.2) is 55.3 Å². The van der Waals surface area contributed by atoms with Crippen molar-refractivity contribution in [1.82, 2.24) is 9.97 Å². The Morgan fingerprint density at radius 3 is 2.32 bits per heavy atom. The molecule has 0 atom stereocenters. The van der Waals surface area contributed by atoms with Crippen molar-refractivity contribution in [1.29, 1.82) is 0 Å². The monoisotopic (exact) mass is 537 g/mol. The van der Waals surface area contributed by atoms with E-state index in [0.29, 0.717) is 49.9 Å². The summed E-state index contributed by atoms with van der Waals surface area (Å²) >= 11 is 13.3. The van der Waals surface area contributed by atoms with Crippen molar-refractivity contribution in [3.63, 3.8) is 0 Å². The number of carbonyl (C=O) groups excluding carboxylic acids is 1. The van der Waals surface area contributed by atoms with Gasteiger partial charge in [0, 0.05) is 47.0 Å². The van der Waals surface area contributed by atoms with Crippen molar-refractivity contribution in [3.8, 4) is 28.4 Å². The van der Waals surface area contributed by atoms with E-state index in [0.717, 1.165) is 22.2 Å². The fourth-order valence-corrected chi connectivity index (χ4v) is 4.74. The minimum absolute atomic E-state index is 0.0724. The molecule has 9 heteroatoms. The molecule has 0 radical (unpaired) electrons. The van der Waals surface area contributed by atoms with Crippen LogP contribution >= 0.6 is 23.2 Å². The minimum Gasteiger partial charge on any atom is -0.496 e. The molecule has 1 N–H and O–H groups in total. The lowest BCUT2D eigenvalue weighted by Gasteiger charge is -2.17. The second-order valence-electron chi connectivity index (χ2n) is 8.17. The lowest BCUT2D eigenvalue weighted by atomic mass is 10.0. The topological polar surface area (TPSA) is 82.6 Å². The molecule has 37 heavy (non-hydrogen) atoms. The first-order valence-corrected chi connectivity index (χ1v) is 12.0. The highest BCUT2D eigenvalue weighted by atomic mass is 35.5. The summed E-state index contributed by atoms with van der Waals surface area (Å²) in [4.78, 5) is 21.2. The smallest absolute Gasteiger partial charge is 0.227 e. The molecule has 0 spiro atoms. The maximum atomic E-state index is 12.0. The number of carbonyl (C=O) groups is 1. The third-order valence-corrected chi connectivity index (χ3v) is 6.68. The van der Waals surface area contributed by atoms with Crippen LogP contribution in [0.5, 0.6) is 17.2 Å². The molecule has 0 saturated carbocycles. The second-order valence-corrected chi connectivity index (χ2v) is 8.93. The number of anilines is 2. The molecular weight excluding hydrogens is 513 g/mol. The van der Waals surface area contributed by atoms with Gasteiger partial charge < -0.3 is 19.5 Å². The van der Waals surface area contributed by atoms with Crippen molar-refractivity contribution in [2.45, 2.75) is 13.3 Å². The Kier molecular flexibility index (Phi) is 7.86. The van der Waals surface area contributed by atoms with Crippen LogP contribution in [0, 0.1) is 6.92 Å².